The highest BCUT2D eigenvalue weighted by molar-refractivity contribution is 5.89. The molecule has 1 aliphatic rings. The number of anilines is 1. The molecule has 1 saturated heterocycles. The highest BCUT2D eigenvalue weighted by atomic mass is 19.1. The van der Waals surface area contributed by atoms with Gasteiger partial charge in [-0.05, 0) is 11.6 Å². The molecule has 3 heterocycles. The van der Waals surface area contributed by atoms with Gasteiger partial charge in [0.1, 0.15) is 12.1 Å². The van der Waals surface area contributed by atoms with Crippen LogP contribution in [-0.2, 0) is 11.2 Å². The van der Waals surface area contributed by atoms with Crippen molar-refractivity contribution in [2.45, 2.75) is 6.42 Å². The molecule has 1 aromatic carbocycles. The summed E-state index contributed by atoms with van der Waals surface area (Å²) in [6.07, 6.45) is 3.51. The van der Waals surface area contributed by atoms with Crippen molar-refractivity contribution in [2.75, 3.05) is 31.1 Å². The lowest BCUT2D eigenvalue weighted by Gasteiger charge is -2.35. The van der Waals surface area contributed by atoms with Crippen molar-refractivity contribution >= 4 is 22.6 Å². The van der Waals surface area contributed by atoms with Crippen molar-refractivity contribution < 1.29 is 9.18 Å². The number of benzene rings is 1. The third kappa shape index (κ3) is 3.17. The predicted octanol–water partition coefficient (Wildman–Crippen LogP) is 1.99. The molecular formula is C18H18FN5O. The fourth-order valence-electron chi connectivity index (χ4n) is 3.23. The SMILES string of the molecule is O=C(Cc1c[nH]c2ccccc12)N1CCN(c2cc(F)ncn2)CC1. The van der Waals surface area contributed by atoms with Crippen molar-refractivity contribution in [1.29, 1.82) is 0 Å². The average molecular weight is 339 g/mol. The predicted molar refractivity (Wildman–Crippen MR) is 92.8 cm³/mol. The second-order valence-electron chi connectivity index (χ2n) is 6.10. The Morgan fingerprint density at radius 1 is 1.16 bits per heavy atom. The van der Waals surface area contributed by atoms with Crippen LogP contribution < -0.4 is 4.90 Å². The maximum absolute atomic E-state index is 13.2. The van der Waals surface area contributed by atoms with E-state index < -0.39 is 5.95 Å². The van der Waals surface area contributed by atoms with Crippen molar-refractivity contribution in [3.05, 3.63) is 54.4 Å². The second-order valence-corrected chi connectivity index (χ2v) is 6.10. The van der Waals surface area contributed by atoms with E-state index >= 15 is 0 Å². The molecule has 0 radical (unpaired) electrons. The summed E-state index contributed by atoms with van der Waals surface area (Å²) in [4.78, 5) is 27.2. The summed E-state index contributed by atoms with van der Waals surface area (Å²) in [7, 11) is 0. The first-order chi connectivity index (χ1) is 12.2. The molecule has 2 aromatic heterocycles. The minimum atomic E-state index is -0.539. The molecular weight excluding hydrogens is 321 g/mol. The summed E-state index contributed by atoms with van der Waals surface area (Å²) in [5.74, 6) is 0.136. The highest BCUT2D eigenvalue weighted by Gasteiger charge is 2.23. The van der Waals surface area contributed by atoms with Crippen LogP contribution in [-0.4, -0.2) is 51.9 Å². The molecule has 0 bridgehead atoms. The number of piperazine rings is 1. The molecule has 0 saturated carbocycles. The quantitative estimate of drug-likeness (QED) is 0.741. The molecule has 1 amide bonds. The molecule has 7 heteroatoms. The van der Waals surface area contributed by atoms with Gasteiger partial charge in [0, 0.05) is 49.3 Å². The van der Waals surface area contributed by atoms with Crippen LogP contribution in [0.4, 0.5) is 10.2 Å². The Kier molecular flexibility index (Phi) is 4.05. The Morgan fingerprint density at radius 2 is 1.96 bits per heavy atom. The number of para-hydroxylation sites is 1. The van der Waals surface area contributed by atoms with Crippen molar-refractivity contribution in [2.24, 2.45) is 0 Å². The van der Waals surface area contributed by atoms with E-state index in [1.54, 1.807) is 0 Å². The largest absolute Gasteiger partial charge is 0.361 e. The van der Waals surface area contributed by atoms with Gasteiger partial charge in [-0.25, -0.2) is 9.97 Å². The molecule has 25 heavy (non-hydrogen) atoms. The van der Waals surface area contributed by atoms with E-state index in [0.717, 1.165) is 16.5 Å². The number of aromatic amines is 1. The van der Waals surface area contributed by atoms with E-state index in [-0.39, 0.29) is 5.91 Å². The zero-order valence-corrected chi connectivity index (χ0v) is 13.7. The van der Waals surface area contributed by atoms with E-state index in [1.165, 1.54) is 12.4 Å². The van der Waals surface area contributed by atoms with Crippen LogP contribution in [0.15, 0.2) is 42.9 Å². The average Bonchev–Trinajstić information content (AvgIpc) is 3.05. The van der Waals surface area contributed by atoms with Crippen LogP contribution in [0.2, 0.25) is 0 Å². The Hall–Kier alpha value is -2.96. The van der Waals surface area contributed by atoms with Gasteiger partial charge < -0.3 is 14.8 Å². The van der Waals surface area contributed by atoms with Crippen LogP contribution in [0.25, 0.3) is 10.9 Å². The molecule has 0 spiro atoms. The molecule has 1 N–H and O–H groups in total. The van der Waals surface area contributed by atoms with Crippen LogP contribution in [0, 0.1) is 5.95 Å². The van der Waals surface area contributed by atoms with Crippen LogP contribution in [0.1, 0.15) is 5.56 Å². The fraction of sp³-hybridized carbons (Fsp3) is 0.278. The molecule has 0 unspecified atom stereocenters. The summed E-state index contributed by atoms with van der Waals surface area (Å²) in [5, 5.41) is 1.09. The number of nitrogens with one attached hydrogen (secondary N) is 1. The smallest absolute Gasteiger partial charge is 0.227 e. The van der Waals surface area contributed by atoms with E-state index in [9.17, 15) is 9.18 Å². The van der Waals surface area contributed by atoms with Crippen LogP contribution in [0.5, 0.6) is 0 Å². The first kappa shape index (κ1) is 15.6. The molecule has 0 atom stereocenters. The Labute approximate surface area is 144 Å². The number of nitrogens with zero attached hydrogens (tertiary/aromatic N) is 4. The van der Waals surface area contributed by atoms with Crippen LogP contribution >= 0.6 is 0 Å². The standard InChI is InChI=1S/C18H18FN5O/c19-16-10-17(22-12-21-16)23-5-7-24(8-6-23)18(25)9-13-11-20-15-4-2-1-3-14(13)15/h1-4,10-12,20H,5-9H2. The number of fused-ring (bicyclic) bond motifs is 1. The van der Waals surface area contributed by atoms with Gasteiger partial charge in [-0.2, -0.15) is 4.39 Å². The van der Waals surface area contributed by atoms with E-state index in [2.05, 4.69) is 15.0 Å². The fourth-order valence-corrected chi connectivity index (χ4v) is 3.23. The highest BCUT2D eigenvalue weighted by Crippen LogP contribution is 2.19. The third-order valence-electron chi connectivity index (χ3n) is 4.59. The van der Waals surface area contributed by atoms with Gasteiger partial charge in [0.15, 0.2) is 0 Å². The van der Waals surface area contributed by atoms with Gasteiger partial charge in [-0.15, -0.1) is 0 Å². The maximum atomic E-state index is 13.2. The lowest BCUT2D eigenvalue weighted by Crippen LogP contribution is -2.49. The summed E-state index contributed by atoms with van der Waals surface area (Å²) in [6.45, 7) is 2.48. The molecule has 6 nitrogen and oxygen atoms in total. The van der Waals surface area contributed by atoms with E-state index in [4.69, 9.17) is 0 Å². The number of rotatable bonds is 3. The van der Waals surface area contributed by atoms with Gasteiger partial charge in [-0.3, -0.25) is 4.79 Å². The molecule has 0 aliphatic carbocycles. The summed E-state index contributed by atoms with van der Waals surface area (Å²) in [5.41, 5.74) is 2.06. The molecule has 128 valence electrons. The van der Waals surface area contributed by atoms with Crippen molar-refractivity contribution in [1.82, 2.24) is 19.9 Å². The van der Waals surface area contributed by atoms with Gasteiger partial charge in [0.2, 0.25) is 11.9 Å². The maximum Gasteiger partial charge on any atom is 0.227 e. The van der Waals surface area contributed by atoms with E-state index in [1.807, 2.05) is 40.3 Å². The Morgan fingerprint density at radius 3 is 2.76 bits per heavy atom. The van der Waals surface area contributed by atoms with Gasteiger partial charge in [0.05, 0.1) is 6.42 Å². The first-order valence-corrected chi connectivity index (χ1v) is 8.26. The summed E-state index contributed by atoms with van der Waals surface area (Å²) in [6, 6.07) is 9.30. The minimum absolute atomic E-state index is 0.110. The zero-order chi connectivity index (χ0) is 17.2. The molecule has 4 rings (SSSR count). The second kappa shape index (κ2) is 6.51. The molecule has 1 aliphatic heterocycles. The topological polar surface area (TPSA) is 65.1 Å². The van der Waals surface area contributed by atoms with Crippen LogP contribution in [0.3, 0.4) is 0 Å². The van der Waals surface area contributed by atoms with Crippen molar-refractivity contribution in [3.8, 4) is 0 Å². The number of amides is 1. The number of hydrogen-bond acceptors (Lipinski definition) is 4. The monoisotopic (exact) mass is 339 g/mol. The molecule has 3 aromatic rings. The van der Waals surface area contributed by atoms with Gasteiger partial charge >= 0.3 is 0 Å². The minimum Gasteiger partial charge on any atom is -0.361 e. The number of H-pyrrole nitrogens is 1. The molecule has 1 fully saturated rings. The van der Waals surface area contributed by atoms with Gasteiger partial charge in [0.25, 0.3) is 0 Å². The van der Waals surface area contributed by atoms with E-state index in [0.29, 0.717) is 38.4 Å². The number of halogens is 1. The van der Waals surface area contributed by atoms with Gasteiger partial charge in [-0.1, -0.05) is 18.2 Å². The summed E-state index contributed by atoms with van der Waals surface area (Å²) >= 11 is 0. The third-order valence-corrected chi connectivity index (χ3v) is 4.59. The Balaban J connectivity index is 1.40. The first-order valence-electron chi connectivity index (χ1n) is 8.26. The number of carbonyl (C=O) groups excluding carboxylic acids is 1. The Bertz CT molecular complexity index is 901. The number of carbonyl (C=O) groups is 1. The number of aromatic nitrogens is 3. The summed E-state index contributed by atoms with van der Waals surface area (Å²) < 4.78 is 13.2. The normalized spacial score (nSPS) is 14.9. The lowest BCUT2D eigenvalue weighted by atomic mass is 10.1. The zero-order valence-electron chi connectivity index (χ0n) is 13.7. The number of hydrogen-bond donors (Lipinski definition) is 1. The van der Waals surface area contributed by atoms with Crippen molar-refractivity contribution in [3.63, 3.8) is 0 Å². The lowest BCUT2D eigenvalue weighted by molar-refractivity contribution is -0.130.